The van der Waals surface area contributed by atoms with Gasteiger partial charge in [-0.3, -0.25) is 9.59 Å². The Hall–Kier alpha value is -0.650. The molecule has 0 saturated carbocycles. The summed E-state index contributed by atoms with van der Waals surface area (Å²) in [6.07, 6.45) is -0.157. The highest BCUT2D eigenvalue weighted by Gasteiger charge is 2.28. The van der Waals surface area contributed by atoms with Gasteiger partial charge in [-0.25, -0.2) is 0 Å². The van der Waals surface area contributed by atoms with Crippen molar-refractivity contribution in [3.8, 4) is 0 Å². The summed E-state index contributed by atoms with van der Waals surface area (Å²) < 4.78 is 0. The third-order valence-corrected chi connectivity index (χ3v) is 2.11. The van der Waals surface area contributed by atoms with Gasteiger partial charge in [-0.05, 0) is 6.42 Å². The molecular weight excluding hydrogens is 208 g/mol. The van der Waals surface area contributed by atoms with Crippen molar-refractivity contribution < 1.29 is 14.7 Å². The van der Waals surface area contributed by atoms with Crippen molar-refractivity contribution in [2.75, 3.05) is 13.6 Å². The Balaban J connectivity index is 0.00000169. The maximum absolute atomic E-state index is 11.3. The second kappa shape index (κ2) is 5.95. The molecule has 0 aliphatic carbocycles. The first-order valence-electron chi connectivity index (χ1n) is 4.28. The largest absolute Gasteiger partial charge is 0.392 e. The van der Waals surface area contributed by atoms with E-state index in [-0.39, 0.29) is 36.6 Å². The number of hydrogen-bond acceptors (Lipinski definition) is 4. The average molecular weight is 223 g/mol. The SMILES string of the molecule is CNC(=O)CC(=O)[C@@H]1C[C@@H](O)CN1.Cl. The number of carbonyl (C=O) groups excluding carboxylic acids is 2. The first-order valence-corrected chi connectivity index (χ1v) is 4.28. The van der Waals surface area contributed by atoms with Gasteiger partial charge in [0.2, 0.25) is 5.91 Å². The molecule has 82 valence electrons. The highest BCUT2D eigenvalue weighted by atomic mass is 35.5. The predicted octanol–water partition coefficient (Wildman–Crippen LogP) is -1.16. The smallest absolute Gasteiger partial charge is 0.227 e. The van der Waals surface area contributed by atoms with Crippen LogP contribution in [0.25, 0.3) is 0 Å². The Kier molecular flexibility index (Phi) is 5.68. The molecule has 3 N–H and O–H groups in total. The molecule has 0 aromatic heterocycles. The van der Waals surface area contributed by atoms with E-state index in [0.717, 1.165) is 0 Å². The first-order chi connectivity index (χ1) is 6.13. The molecule has 0 aromatic carbocycles. The topological polar surface area (TPSA) is 78.4 Å². The lowest BCUT2D eigenvalue weighted by atomic mass is 10.1. The lowest BCUT2D eigenvalue weighted by Gasteiger charge is -2.07. The van der Waals surface area contributed by atoms with E-state index in [1.807, 2.05) is 0 Å². The fourth-order valence-corrected chi connectivity index (χ4v) is 1.33. The lowest BCUT2D eigenvalue weighted by Crippen LogP contribution is -2.34. The van der Waals surface area contributed by atoms with Gasteiger partial charge in [-0.1, -0.05) is 0 Å². The number of ketones is 1. The molecule has 1 saturated heterocycles. The number of aliphatic hydroxyl groups is 1. The van der Waals surface area contributed by atoms with Crippen molar-refractivity contribution in [2.45, 2.75) is 25.0 Å². The second-order valence-corrected chi connectivity index (χ2v) is 3.17. The number of amides is 1. The molecule has 1 heterocycles. The summed E-state index contributed by atoms with van der Waals surface area (Å²) in [7, 11) is 1.49. The van der Waals surface area contributed by atoms with Crippen molar-refractivity contribution in [1.82, 2.24) is 10.6 Å². The molecule has 6 heteroatoms. The molecule has 0 unspecified atom stereocenters. The van der Waals surface area contributed by atoms with E-state index in [9.17, 15) is 9.59 Å². The summed E-state index contributed by atoms with van der Waals surface area (Å²) in [4.78, 5) is 22.2. The number of hydrogen-bond donors (Lipinski definition) is 3. The third-order valence-electron chi connectivity index (χ3n) is 2.11. The molecule has 0 radical (unpaired) electrons. The minimum absolute atomic E-state index is 0. The molecule has 1 aliphatic heterocycles. The van der Waals surface area contributed by atoms with Crippen molar-refractivity contribution in [1.29, 1.82) is 0 Å². The summed E-state index contributed by atoms with van der Waals surface area (Å²) in [5.74, 6) is -0.441. The average Bonchev–Trinajstić information content (AvgIpc) is 2.51. The van der Waals surface area contributed by atoms with E-state index in [1.165, 1.54) is 7.05 Å². The van der Waals surface area contributed by atoms with Crippen LogP contribution < -0.4 is 10.6 Å². The van der Waals surface area contributed by atoms with E-state index in [1.54, 1.807) is 0 Å². The zero-order valence-corrected chi connectivity index (χ0v) is 8.76. The summed E-state index contributed by atoms with van der Waals surface area (Å²) >= 11 is 0. The molecule has 1 aliphatic rings. The van der Waals surface area contributed by atoms with Crippen LogP contribution in [0.15, 0.2) is 0 Å². The number of nitrogens with one attached hydrogen (secondary N) is 2. The Morgan fingerprint density at radius 3 is 2.64 bits per heavy atom. The summed E-state index contributed by atoms with van der Waals surface area (Å²) in [5, 5.41) is 14.4. The van der Waals surface area contributed by atoms with E-state index in [2.05, 4.69) is 10.6 Å². The van der Waals surface area contributed by atoms with E-state index < -0.39 is 6.10 Å². The van der Waals surface area contributed by atoms with Crippen molar-refractivity contribution in [3.05, 3.63) is 0 Å². The van der Waals surface area contributed by atoms with Crippen LogP contribution in [0, 0.1) is 0 Å². The number of rotatable bonds is 3. The zero-order valence-electron chi connectivity index (χ0n) is 7.95. The summed E-state index contributed by atoms with van der Waals surface area (Å²) in [6, 6.07) is -0.354. The van der Waals surface area contributed by atoms with Crippen molar-refractivity contribution >= 4 is 24.1 Å². The molecule has 5 nitrogen and oxygen atoms in total. The summed E-state index contributed by atoms with van der Waals surface area (Å²) in [5.41, 5.74) is 0. The number of Topliss-reactive ketones (excluding diaryl/α,β-unsaturated/α-hetero) is 1. The van der Waals surface area contributed by atoms with Crippen molar-refractivity contribution in [2.24, 2.45) is 0 Å². The van der Waals surface area contributed by atoms with Crippen LogP contribution in [0.3, 0.4) is 0 Å². The van der Waals surface area contributed by atoms with Crippen LogP contribution in [0.1, 0.15) is 12.8 Å². The number of halogens is 1. The number of aliphatic hydroxyl groups excluding tert-OH is 1. The highest BCUT2D eigenvalue weighted by Crippen LogP contribution is 2.08. The van der Waals surface area contributed by atoms with Crippen LogP contribution in [0.2, 0.25) is 0 Å². The Bertz CT molecular complexity index is 223. The van der Waals surface area contributed by atoms with Gasteiger partial charge in [0.25, 0.3) is 0 Å². The highest BCUT2D eigenvalue weighted by molar-refractivity contribution is 6.00. The van der Waals surface area contributed by atoms with Crippen LogP contribution in [-0.4, -0.2) is 42.5 Å². The Morgan fingerprint density at radius 2 is 2.21 bits per heavy atom. The van der Waals surface area contributed by atoms with Crippen molar-refractivity contribution in [3.63, 3.8) is 0 Å². The Morgan fingerprint density at radius 1 is 1.57 bits per heavy atom. The number of carbonyl (C=O) groups is 2. The molecule has 1 rings (SSSR count). The predicted molar refractivity (Wildman–Crippen MR) is 53.4 cm³/mol. The van der Waals surface area contributed by atoms with Gasteiger partial charge < -0.3 is 15.7 Å². The third kappa shape index (κ3) is 3.61. The fourth-order valence-electron chi connectivity index (χ4n) is 1.33. The maximum Gasteiger partial charge on any atom is 0.227 e. The van der Waals surface area contributed by atoms with Gasteiger partial charge in [-0.2, -0.15) is 0 Å². The maximum atomic E-state index is 11.3. The molecule has 0 spiro atoms. The number of β-amino-alcohol motifs (C(OH)–C–C–N with tert-alkyl or cyclic N) is 1. The minimum atomic E-state index is -0.460. The van der Waals surface area contributed by atoms with Crippen LogP contribution in [0.5, 0.6) is 0 Å². The monoisotopic (exact) mass is 222 g/mol. The molecule has 0 bridgehead atoms. The molecule has 2 atom stereocenters. The fraction of sp³-hybridized carbons (Fsp3) is 0.750. The van der Waals surface area contributed by atoms with E-state index in [0.29, 0.717) is 13.0 Å². The zero-order chi connectivity index (χ0) is 9.84. The quantitative estimate of drug-likeness (QED) is 0.527. The minimum Gasteiger partial charge on any atom is -0.392 e. The van der Waals surface area contributed by atoms with Gasteiger partial charge in [0.1, 0.15) is 0 Å². The second-order valence-electron chi connectivity index (χ2n) is 3.17. The molecule has 1 fully saturated rings. The van der Waals surface area contributed by atoms with Crippen LogP contribution in [-0.2, 0) is 9.59 Å². The van der Waals surface area contributed by atoms with Gasteiger partial charge in [0, 0.05) is 13.6 Å². The van der Waals surface area contributed by atoms with E-state index >= 15 is 0 Å². The van der Waals surface area contributed by atoms with Gasteiger partial charge >= 0.3 is 0 Å². The molecular formula is C8H15ClN2O3. The molecule has 14 heavy (non-hydrogen) atoms. The molecule has 1 amide bonds. The lowest BCUT2D eigenvalue weighted by molar-refractivity contribution is -0.128. The normalized spacial score (nSPS) is 25.3. The summed E-state index contributed by atoms with van der Waals surface area (Å²) in [6.45, 7) is 0.435. The Labute approximate surface area is 88.7 Å². The van der Waals surface area contributed by atoms with Gasteiger partial charge in [0.15, 0.2) is 5.78 Å². The van der Waals surface area contributed by atoms with Gasteiger partial charge in [-0.15, -0.1) is 12.4 Å². The van der Waals surface area contributed by atoms with Crippen LogP contribution >= 0.6 is 12.4 Å². The first kappa shape index (κ1) is 13.4. The van der Waals surface area contributed by atoms with E-state index in [4.69, 9.17) is 5.11 Å². The molecule has 0 aromatic rings. The standard InChI is InChI=1S/C8H14N2O3.ClH/c1-9-8(13)3-7(12)6-2-5(11)4-10-6;/h5-6,10-11H,2-4H2,1H3,(H,9,13);1H/t5-,6+;/m1./s1. The van der Waals surface area contributed by atoms with Gasteiger partial charge in [0.05, 0.1) is 18.6 Å². The van der Waals surface area contributed by atoms with Crippen LogP contribution in [0.4, 0.5) is 0 Å².